The maximum absolute atomic E-state index is 13.1. The van der Waals surface area contributed by atoms with Crippen molar-refractivity contribution < 1.29 is 14.4 Å². The zero-order valence-corrected chi connectivity index (χ0v) is 14.6. The molecule has 0 radical (unpaired) electrons. The maximum atomic E-state index is 13.1. The number of likely N-dealkylation sites (tertiary alicyclic amines) is 1. The highest BCUT2D eigenvalue weighted by Gasteiger charge is 2.54. The Kier molecular flexibility index (Phi) is 3.92. The van der Waals surface area contributed by atoms with Crippen molar-refractivity contribution in [1.29, 1.82) is 0 Å². The van der Waals surface area contributed by atoms with E-state index < -0.39 is 5.60 Å². The van der Waals surface area contributed by atoms with Gasteiger partial charge in [-0.15, -0.1) is 0 Å². The fraction of sp³-hybridized carbons (Fsp3) is 0.650. The Morgan fingerprint density at radius 1 is 1.21 bits per heavy atom. The van der Waals surface area contributed by atoms with Gasteiger partial charge in [-0.05, 0) is 24.8 Å². The summed E-state index contributed by atoms with van der Waals surface area (Å²) in [6, 6.07) is 9.52. The molecule has 0 spiro atoms. The van der Waals surface area contributed by atoms with Crippen LogP contribution in [0.5, 0.6) is 0 Å². The molecule has 3 aliphatic rings. The first-order valence-corrected chi connectivity index (χ1v) is 9.41. The van der Waals surface area contributed by atoms with Crippen molar-refractivity contribution in [3.05, 3.63) is 35.9 Å². The number of nitrogens with zero attached hydrogens (tertiary/aromatic N) is 1. The summed E-state index contributed by atoms with van der Waals surface area (Å²) in [6.07, 6.45) is 5.43. The highest BCUT2D eigenvalue weighted by Crippen LogP contribution is 2.47. The third-order valence-electron chi connectivity index (χ3n) is 6.55. The van der Waals surface area contributed by atoms with Gasteiger partial charge in [0.15, 0.2) is 12.3 Å². The molecule has 3 atom stereocenters. The summed E-state index contributed by atoms with van der Waals surface area (Å²) in [4.78, 5) is 13.1. The van der Waals surface area contributed by atoms with Gasteiger partial charge in [0, 0.05) is 17.8 Å². The van der Waals surface area contributed by atoms with Crippen LogP contribution in [-0.4, -0.2) is 42.3 Å². The largest absolute Gasteiger partial charge is 0.375 e. The first kappa shape index (κ1) is 16.1. The molecular weight excluding hydrogens is 300 g/mol. The van der Waals surface area contributed by atoms with Gasteiger partial charge in [-0.1, -0.05) is 43.2 Å². The number of carbonyl (C=O) groups excluding carboxylic acids is 1. The molecule has 3 unspecified atom stereocenters. The minimum absolute atomic E-state index is 0.0252. The summed E-state index contributed by atoms with van der Waals surface area (Å²) in [5.74, 6) is 1.56. The summed E-state index contributed by atoms with van der Waals surface area (Å²) < 4.78 is 0.913. The molecule has 2 aliphatic carbocycles. The molecule has 1 saturated heterocycles. The van der Waals surface area contributed by atoms with E-state index >= 15 is 0 Å². The van der Waals surface area contributed by atoms with Crippen molar-refractivity contribution in [3.8, 4) is 0 Å². The van der Waals surface area contributed by atoms with E-state index in [4.69, 9.17) is 0 Å². The van der Waals surface area contributed by atoms with E-state index in [2.05, 4.69) is 12.4 Å². The van der Waals surface area contributed by atoms with Crippen molar-refractivity contribution in [3.63, 3.8) is 0 Å². The molecule has 24 heavy (non-hydrogen) atoms. The first-order chi connectivity index (χ1) is 11.5. The van der Waals surface area contributed by atoms with Crippen molar-refractivity contribution >= 4 is 5.91 Å². The fourth-order valence-corrected chi connectivity index (χ4v) is 5.08. The number of piperidine rings is 1. The molecule has 2 saturated carbocycles. The average molecular weight is 329 g/mol. The van der Waals surface area contributed by atoms with Gasteiger partial charge in [-0.25, -0.2) is 0 Å². The van der Waals surface area contributed by atoms with Gasteiger partial charge in [0.25, 0.3) is 5.91 Å². The van der Waals surface area contributed by atoms with Gasteiger partial charge in [-0.2, -0.15) is 0 Å². The number of hydrogen-bond donors (Lipinski definition) is 2. The summed E-state index contributed by atoms with van der Waals surface area (Å²) in [5, 5.41) is 14.6. The lowest BCUT2D eigenvalue weighted by Crippen LogP contribution is -2.56. The molecule has 1 aliphatic heterocycles. The quantitative estimate of drug-likeness (QED) is 0.814. The molecule has 3 fully saturated rings. The van der Waals surface area contributed by atoms with E-state index in [0.29, 0.717) is 6.67 Å². The highest BCUT2D eigenvalue weighted by molar-refractivity contribution is 5.86. The minimum Gasteiger partial charge on any atom is -0.375 e. The lowest BCUT2D eigenvalue weighted by atomic mass is 9.79. The fourth-order valence-electron chi connectivity index (χ4n) is 5.08. The standard InChI is InChI=1S/C20H28N2O2/c1-22(12-15-11-16(15)13-22)14-21-19(23)20(24,18-9-5-6-10-18)17-7-3-2-4-8-17/h2-4,7-8,15-16,18,24H,5-6,9-14H2,1H3/p+1. The summed E-state index contributed by atoms with van der Waals surface area (Å²) in [5.41, 5.74) is -0.652. The van der Waals surface area contributed by atoms with E-state index in [1.165, 1.54) is 6.42 Å². The number of aliphatic hydroxyl groups is 1. The molecule has 1 heterocycles. The van der Waals surface area contributed by atoms with Gasteiger partial charge < -0.3 is 14.9 Å². The highest BCUT2D eigenvalue weighted by atomic mass is 16.3. The van der Waals surface area contributed by atoms with Gasteiger partial charge >= 0.3 is 0 Å². The summed E-state index contributed by atoms with van der Waals surface area (Å²) >= 11 is 0. The number of quaternary nitrogens is 1. The Morgan fingerprint density at radius 2 is 1.83 bits per heavy atom. The first-order valence-electron chi connectivity index (χ1n) is 9.41. The Bertz CT molecular complexity index is 601. The lowest BCUT2D eigenvalue weighted by Gasteiger charge is -2.36. The van der Waals surface area contributed by atoms with Gasteiger partial charge in [0.05, 0.1) is 20.1 Å². The zero-order chi connectivity index (χ0) is 16.8. The van der Waals surface area contributed by atoms with Crippen LogP contribution in [0.15, 0.2) is 30.3 Å². The van der Waals surface area contributed by atoms with Crippen LogP contribution in [0.2, 0.25) is 0 Å². The maximum Gasteiger partial charge on any atom is 0.261 e. The van der Waals surface area contributed by atoms with Crippen LogP contribution in [-0.2, 0) is 10.4 Å². The Labute approximate surface area is 144 Å². The molecule has 1 amide bonds. The molecule has 1 aromatic carbocycles. The molecule has 4 nitrogen and oxygen atoms in total. The number of fused-ring (bicyclic) bond motifs is 1. The third-order valence-corrected chi connectivity index (χ3v) is 6.55. The van der Waals surface area contributed by atoms with Crippen LogP contribution in [0, 0.1) is 17.8 Å². The van der Waals surface area contributed by atoms with Gasteiger partial charge in [0.1, 0.15) is 0 Å². The summed E-state index contributed by atoms with van der Waals surface area (Å²) in [7, 11) is 2.23. The van der Waals surface area contributed by atoms with Crippen molar-refractivity contribution in [1.82, 2.24) is 5.32 Å². The van der Waals surface area contributed by atoms with Crippen LogP contribution in [0.25, 0.3) is 0 Å². The Morgan fingerprint density at radius 3 is 2.46 bits per heavy atom. The molecule has 1 aromatic rings. The number of carbonyl (C=O) groups is 1. The van der Waals surface area contributed by atoms with E-state index in [-0.39, 0.29) is 11.8 Å². The van der Waals surface area contributed by atoms with Crippen LogP contribution >= 0.6 is 0 Å². The zero-order valence-electron chi connectivity index (χ0n) is 14.6. The predicted octanol–water partition coefficient (Wildman–Crippen LogP) is 2.23. The lowest BCUT2D eigenvalue weighted by molar-refractivity contribution is -0.904. The molecule has 2 N–H and O–H groups in total. The average Bonchev–Trinajstić information content (AvgIpc) is 3.02. The molecule has 4 heteroatoms. The topological polar surface area (TPSA) is 49.3 Å². The monoisotopic (exact) mass is 329 g/mol. The third kappa shape index (κ3) is 2.76. The SMILES string of the molecule is C[N+]1(CNC(=O)C(O)(c2ccccc2)C2CCCC2)CC2CC2C1. The second kappa shape index (κ2) is 5.85. The Balaban J connectivity index is 1.51. The van der Waals surface area contributed by atoms with Crippen LogP contribution in [0.1, 0.15) is 37.7 Å². The van der Waals surface area contributed by atoms with Crippen LogP contribution in [0.4, 0.5) is 0 Å². The smallest absolute Gasteiger partial charge is 0.261 e. The second-order valence-corrected chi connectivity index (χ2v) is 8.52. The number of amides is 1. The number of rotatable bonds is 5. The van der Waals surface area contributed by atoms with Gasteiger partial charge in [0.2, 0.25) is 0 Å². The normalized spacial score (nSPS) is 34.6. The Hall–Kier alpha value is -1.39. The predicted molar refractivity (Wildman–Crippen MR) is 92.8 cm³/mol. The van der Waals surface area contributed by atoms with Crippen molar-refractivity contribution in [2.24, 2.45) is 17.8 Å². The van der Waals surface area contributed by atoms with E-state index in [1.54, 1.807) is 0 Å². The van der Waals surface area contributed by atoms with Crippen molar-refractivity contribution in [2.75, 3.05) is 26.8 Å². The van der Waals surface area contributed by atoms with E-state index in [0.717, 1.165) is 60.7 Å². The van der Waals surface area contributed by atoms with E-state index in [1.807, 2.05) is 30.3 Å². The van der Waals surface area contributed by atoms with Crippen LogP contribution in [0.3, 0.4) is 0 Å². The minimum atomic E-state index is -1.39. The van der Waals surface area contributed by atoms with E-state index in [9.17, 15) is 9.90 Å². The number of benzene rings is 1. The van der Waals surface area contributed by atoms with Crippen molar-refractivity contribution in [2.45, 2.75) is 37.7 Å². The van der Waals surface area contributed by atoms with Crippen LogP contribution < -0.4 is 5.32 Å². The second-order valence-electron chi connectivity index (χ2n) is 8.52. The van der Waals surface area contributed by atoms with Gasteiger partial charge in [-0.3, -0.25) is 4.79 Å². The molecule has 0 bridgehead atoms. The number of nitrogens with one attached hydrogen (secondary N) is 1. The molecule has 0 aromatic heterocycles. The molecular formula is C20H29N2O2+. The molecule has 4 rings (SSSR count). The summed E-state index contributed by atoms with van der Waals surface area (Å²) in [6.45, 7) is 2.96. The molecule has 130 valence electrons. The number of hydrogen-bond acceptors (Lipinski definition) is 2.